The third kappa shape index (κ3) is 4.31. The van der Waals surface area contributed by atoms with Crippen LogP contribution in [-0.4, -0.2) is 52.2 Å². The summed E-state index contributed by atoms with van der Waals surface area (Å²) in [5.74, 6) is -0.424. The second-order valence-electron chi connectivity index (χ2n) is 8.19. The van der Waals surface area contributed by atoms with Gasteiger partial charge in [-0.1, -0.05) is 19.4 Å². The number of likely N-dealkylation sites (N-methyl/N-ethyl adjacent to an activating group) is 1. The Balaban J connectivity index is 1.52. The van der Waals surface area contributed by atoms with Gasteiger partial charge in [0.2, 0.25) is 0 Å². The second kappa shape index (κ2) is 9.40. The zero-order valence-electron chi connectivity index (χ0n) is 18.5. The van der Waals surface area contributed by atoms with Crippen molar-refractivity contribution in [2.24, 2.45) is 0 Å². The molecule has 0 saturated heterocycles. The SMILES string of the molecule is CCCCc1n[nH]c2cc(O)c(C(=O)N3Cc4ccc(C(=O)NCCNC)cc4C3)cc12. The van der Waals surface area contributed by atoms with Gasteiger partial charge in [0, 0.05) is 43.2 Å². The number of aromatic hydroxyl groups is 1. The summed E-state index contributed by atoms with van der Waals surface area (Å²) >= 11 is 0. The fourth-order valence-electron chi connectivity index (χ4n) is 4.07. The van der Waals surface area contributed by atoms with Gasteiger partial charge in [0.1, 0.15) is 5.75 Å². The maximum atomic E-state index is 13.3. The Morgan fingerprint density at radius 1 is 1.16 bits per heavy atom. The largest absolute Gasteiger partial charge is 0.507 e. The summed E-state index contributed by atoms with van der Waals surface area (Å²) in [4.78, 5) is 27.3. The molecule has 168 valence electrons. The first-order valence-corrected chi connectivity index (χ1v) is 11.1. The molecular weight excluding hydrogens is 406 g/mol. The highest BCUT2D eigenvalue weighted by Crippen LogP contribution is 2.31. The summed E-state index contributed by atoms with van der Waals surface area (Å²) < 4.78 is 0. The van der Waals surface area contributed by atoms with Crippen LogP contribution in [0, 0.1) is 0 Å². The van der Waals surface area contributed by atoms with Crippen molar-refractivity contribution in [1.29, 1.82) is 0 Å². The number of amides is 2. The zero-order valence-corrected chi connectivity index (χ0v) is 18.5. The van der Waals surface area contributed by atoms with Gasteiger partial charge < -0.3 is 20.6 Å². The molecular formula is C24H29N5O3. The third-order valence-corrected chi connectivity index (χ3v) is 5.89. The Labute approximate surface area is 187 Å². The lowest BCUT2D eigenvalue weighted by Crippen LogP contribution is -2.30. The molecule has 8 heteroatoms. The van der Waals surface area contributed by atoms with E-state index in [1.54, 1.807) is 23.1 Å². The lowest BCUT2D eigenvalue weighted by molar-refractivity contribution is 0.0748. The normalized spacial score (nSPS) is 12.9. The highest BCUT2D eigenvalue weighted by Gasteiger charge is 2.27. The summed E-state index contributed by atoms with van der Waals surface area (Å²) in [5, 5.41) is 24.5. The summed E-state index contributed by atoms with van der Waals surface area (Å²) in [7, 11) is 1.83. The summed E-state index contributed by atoms with van der Waals surface area (Å²) in [6, 6.07) is 8.85. The molecule has 0 unspecified atom stereocenters. The van der Waals surface area contributed by atoms with E-state index >= 15 is 0 Å². The van der Waals surface area contributed by atoms with Crippen molar-refractivity contribution in [3.8, 4) is 5.75 Å². The molecule has 0 saturated carbocycles. The van der Waals surface area contributed by atoms with Crippen molar-refractivity contribution >= 4 is 22.7 Å². The summed E-state index contributed by atoms with van der Waals surface area (Å²) in [6.45, 7) is 4.22. The van der Waals surface area contributed by atoms with Crippen LogP contribution in [0.25, 0.3) is 10.9 Å². The van der Waals surface area contributed by atoms with Crippen molar-refractivity contribution in [2.75, 3.05) is 20.1 Å². The minimum absolute atomic E-state index is 0.0613. The molecule has 8 nitrogen and oxygen atoms in total. The number of carbonyl (C=O) groups is 2. The smallest absolute Gasteiger partial charge is 0.258 e. The summed E-state index contributed by atoms with van der Waals surface area (Å²) in [6.07, 6.45) is 2.89. The van der Waals surface area contributed by atoms with Gasteiger partial charge in [-0.3, -0.25) is 14.7 Å². The van der Waals surface area contributed by atoms with Crippen molar-refractivity contribution in [3.05, 3.63) is 58.3 Å². The van der Waals surface area contributed by atoms with E-state index < -0.39 is 0 Å². The van der Waals surface area contributed by atoms with Crippen LogP contribution < -0.4 is 10.6 Å². The minimum atomic E-state index is -0.233. The van der Waals surface area contributed by atoms with Crippen molar-refractivity contribution < 1.29 is 14.7 Å². The van der Waals surface area contributed by atoms with Gasteiger partial charge in [0.25, 0.3) is 11.8 Å². The van der Waals surface area contributed by atoms with Crippen molar-refractivity contribution in [3.63, 3.8) is 0 Å². The van der Waals surface area contributed by atoms with E-state index in [0.717, 1.165) is 47.0 Å². The standard InChI is InChI=1S/C24H29N5O3/c1-3-4-5-20-18-11-19(22(30)12-21(18)28-27-20)24(32)29-13-16-7-6-15(10-17(16)14-29)23(31)26-9-8-25-2/h6-7,10-12,25,30H,3-5,8-9,13-14H2,1-2H3,(H,26,31)(H,27,28). The molecule has 0 aliphatic carbocycles. The first kappa shape index (κ1) is 21.8. The molecule has 3 aromatic rings. The van der Waals surface area contributed by atoms with Crippen LogP contribution in [0.1, 0.15) is 57.3 Å². The fraction of sp³-hybridized carbons (Fsp3) is 0.375. The minimum Gasteiger partial charge on any atom is -0.507 e. The molecule has 2 aromatic carbocycles. The predicted molar refractivity (Wildman–Crippen MR) is 123 cm³/mol. The molecule has 2 amide bonds. The molecule has 1 aromatic heterocycles. The molecule has 1 aliphatic heterocycles. The van der Waals surface area contributed by atoms with Gasteiger partial charge in [0.15, 0.2) is 0 Å². The maximum Gasteiger partial charge on any atom is 0.258 e. The number of fused-ring (bicyclic) bond motifs is 2. The van der Waals surface area contributed by atoms with E-state index in [0.29, 0.717) is 31.7 Å². The molecule has 32 heavy (non-hydrogen) atoms. The van der Waals surface area contributed by atoms with E-state index in [2.05, 4.69) is 27.8 Å². The number of aromatic amines is 1. The molecule has 4 N–H and O–H groups in total. The number of carbonyl (C=O) groups excluding carboxylic acids is 2. The van der Waals surface area contributed by atoms with Gasteiger partial charge in [-0.05, 0) is 49.2 Å². The highest BCUT2D eigenvalue weighted by molar-refractivity contribution is 6.01. The van der Waals surface area contributed by atoms with E-state index in [-0.39, 0.29) is 23.1 Å². The predicted octanol–water partition coefficient (Wildman–Crippen LogP) is 2.72. The van der Waals surface area contributed by atoms with E-state index in [4.69, 9.17) is 0 Å². The Morgan fingerprint density at radius 3 is 2.75 bits per heavy atom. The van der Waals surface area contributed by atoms with Crippen LogP contribution in [0.5, 0.6) is 5.75 Å². The molecule has 0 bridgehead atoms. The molecule has 0 spiro atoms. The number of hydrogen-bond acceptors (Lipinski definition) is 5. The number of phenolic OH excluding ortho intramolecular Hbond substituents is 1. The Morgan fingerprint density at radius 2 is 1.97 bits per heavy atom. The van der Waals surface area contributed by atoms with Crippen LogP contribution in [0.15, 0.2) is 30.3 Å². The van der Waals surface area contributed by atoms with Gasteiger partial charge in [-0.25, -0.2) is 0 Å². The Bertz CT molecular complexity index is 1150. The van der Waals surface area contributed by atoms with Gasteiger partial charge in [-0.2, -0.15) is 5.10 Å². The molecule has 0 radical (unpaired) electrons. The molecule has 1 aliphatic rings. The molecule has 0 fully saturated rings. The van der Waals surface area contributed by atoms with E-state index in [1.165, 1.54) is 0 Å². The van der Waals surface area contributed by atoms with Crippen LogP contribution in [0.4, 0.5) is 0 Å². The van der Waals surface area contributed by atoms with E-state index in [1.807, 2.05) is 19.2 Å². The zero-order chi connectivity index (χ0) is 22.7. The van der Waals surface area contributed by atoms with Gasteiger partial charge >= 0.3 is 0 Å². The molecule has 0 atom stereocenters. The number of rotatable bonds is 8. The molecule has 2 heterocycles. The maximum absolute atomic E-state index is 13.3. The monoisotopic (exact) mass is 435 g/mol. The number of unbranched alkanes of at least 4 members (excludes halogenated alkanes) is 1. The highest BCUT2D eigenvalue weighted by atomic mass is 16.3. The Kier molecular flexibility index (Phi) is 6.41. The third-order valence-electron chi connectivity index (χ3n) is 5.89. The van der Waals surface area contributed by atoms with Gasteiger partial charge in [-0.15, -0.1) is 0 Å². The quantitative estimate of drug-likeness (QED) is 0.407. The van der Waals surface area contributed by atoms with Crippen LogP contribution in [0.2, 0.25) is 0 Å². The van der Waals surface area contributed by atoms with E-state index in [9.17, 15) is 14.7 Å². The lowest BCUT2D eigenvalue weighted by Gasteiger charge is -2.16. The van der Waals surface area contributed by atoms with Crippen molar-refractivity contribution in [2.45, 2.75) is 39.3 Å². The number of nitrogens with zero attached hydrogens (tertiary/aromatic N) is 2. The lowest BCUT2D eigenvalue weighted by atomic mass is 10.1. The number of benzene rings is 2. The fourth-order valence-corrected chi connectivity index (χ4v) is 4.07. The number of aromatic nitrogens is 2. The number of nitrogens with one attached hydrogen (secondary N) is 3. The van der Waals surface area contributed by atoms with Gasteiger partial charge in [0.05, 0.1) is 16.8 Å². The second-order valence-corrected chi connectivity index (χ2v) is 8.19. The number of phenols is 1. The first-order valence-electron chi connectivity index (χ1n) is 11.1. The van der Waals surface area contributed by atoms with Crippen LogP contribution in [0.3, 0.4) is 0 Å². The number of hydrogen-bond donors (Lipinski definition) is 4. The average Bonchev–Trinajstić information content (AvgIpc) is 3.39. The Hall–Kier alpha value is -3.39. The van der Waals surface area contributed by atoms with Crippen LogP contribution in [-0.2, 0) is 19.5 Å². The van der Waals surface area contributed by atoms with Crippen LogP contribution >= 0.6 is 0 Å². The number of H-pyrrole nitrogens is 1. The topological polar surface area (TPSA) is 110 Å². The van der Waals surface area contributed by atoms with Crippen molar-refractivity contribution in [1.82, 2.24) is 25.7 Å². The molecule has 4 rings (SSSR count). The summed E-state index contributed by atoms with van der Waals surface area (Å²) in [5.41, 5.74) is 4.45. The number of aryl methyl sites for hydroxylation is 1. The average molecular weight is 436 g/mol. The first-order chi connectivity index (χ1) is 15.5.